The molecule has 1 aromatic rings. The van der Waals surface area contributed by atoms with Crippen LogP contribution in [-0.4, -0.2) is 26.8 Å². The molecule has 0 unspecified atom stereocenters. The Morgan fingerprint density at radius 3 is 2.65 bits per heavy atom. The quantitative estimate of drug-likeness (QED) is 0.235. The number of hydrogen-bond acceptors (Lipinski definition) is 4. The molecule has 0 saturated carbocycles. The average Bonchev–Trinajstić information content (AvgIpc) is 2.47. The monoisotopic (exact) mass is 390 g/mol. The first kappa shape index (κ1) is 16.8. The minimum absolute atomic E-state index is 0.160. The number of unbranched alkanes of at least 4 members (excludes halogenated alkanes) is 1. The first-order chi connectivity index (χ1) is 9.62. The standard InChI is InChI=1S/C15H19IO4/c1-4-5-8-20-13-9-11(6-7-12(13)16)10-14(18-2)15(17)19-3/h6-7,9-10H,4-5,8H2,1-3H3/b14-10+. The second-order valence-corrected chi connectivity index (χ2v) is 5.26. The summed E-state index contributed by atoms with van der Waals surface area (Å²) >= 11 is 2.22. The van der Waals surface area contributed by atoms with Gasteiger partial charge in [-0.25, -0.2) is 4.79 Å². The number of esters is 1. The van der Waals surface area contributed by atoms with Crippen LogP contribution in [0.2, 0.25) is 0 Å². The van der Waals surface area contributed by atoms with Crippen molar-refractivity contribution in [3.8, 4) is 5.75 Å². The van der Waals surface area contributed by atoms with Crippen LogP contribution in [0.1, 0.15) is 25.3 Å². The summed E-state index contributed by atoms with van der Waals surface area (Å²) < 4.78 is 16.4. The molecule has 1 aromatic carbocycles. The summed E-state index contributed by atoms with van der Waals surface area (Å²) in [6.45, 7) is 2.81. The Hall–Kier alpha value is -1.24. The van der Waals surface area contributed by atoms with Gasteiger partial charge in [0.1, 0.15) is 5.75 Å². The van der Waals surface area contributed by atoms with Crippen molar-refractivity contribution in [2.75, 3.05) is 20.8 Å². The molecule has 0 amide bonds. The van der Waals surface area contributed by atoms with Crippen molar-refractivity contribution in [3.63, 3.8) is 0 Å². The molecule has 0 aliphatic carbocycles. The summed E-state index contributed by atoms with van der Waals surface area (Å²) in [6, 6.07) is 5.73. The average molecular weight is 390 g/mol. The first-order valence-electron chi connectivity index (χ1n) is 6.38. The van der Waals surface area contributed by atoms with E-state index in [1.807, 2.05) is 18.2 Å². The highest BCUT2D eigenvalue weighted by Crippen LogP contribution is 2.24. The lowest BCUT2D eigenvalue weighted by molar-refractivity contribution is -0.139. The van der Waals surface area contributed by atoms with Crippen molar-refractivity contribution in [2.45, 2.75) is 19.8 Å². The van der Waals surface area contributed by atoms with Crippen LogP contribution in [0.15, 0.2) is 24.0 Å². The SMILES string of the molecule is CCCCOc1cc(/C=C(/OC)C(=O)OC)ccc1I. The van der Waals surface area contributed by atoms with Gasteiger partial charge < -0.3 is 14.2 Å². The Balaban J connectivity index is 2.93. The van der Waals surface area contributed by atoms with E-state index >= 15 is 0 Å². The molecule has 0 radical (unpaired) electrons. The maximum atomic E-state index is 11.5. The van der Waals surface area contributed by atoms with Crippen LogP contribution in [-0.2, 0) is 14.3 Å². The summed E-state index contributed by atoms with van der Waals surface area (Å²) in [6.07, 6.45) is 3.74. The van der Waals surface area contributed by atoms with Crippen LogP contribution in [0.5, 0.6) is 5.75 Å². The molecular weight excluding hydrogens is 371 g/mol. The van der Waals surface area contributed by atoms with Gasteiger partial charge in [0, 0.05) is 0 Å². The third-order valence-corrected chi connectivity index (χ3v) is 3.51. The topological polar surface area (TPSA) is 44.8 Å². The number of benzene rings is 1. The molecule has 20 heavy (non-hydrogen) atoms. The minimum atomic E-state index is -0.500. The highest BCUT2D eigenvalue weighted by molar-refractivity contribution is 14.1. The number of methoxy groups -OCH3 is 2. The molecule has 0 N–H and O–H groups in total. The zero-order valence-corrected chi connectivity index (χ0v) is 14.1. The van der Waals surface area contributed by atoms with Crippen LogP contribution in [0.3, 0.4) is 0 Å². The summed E-state index contributed by atoms with van der Waals surface area (Å²) in [4.78, 5) is 11.5. The van der Waals surface area contributed by atoms with Crippen molar-refractivity contribution in [1.29, 1.82) is 0 Å². The Labute approximate surface area is 133 Å². The second-order valence-electron chi connectivity index (χ2n) is 4.10. The molecule has 1 rings (SSSR count). The van der Waals surface area contributed by atoms with Crippen LogP contribution in [0.4, 0.5) is 0 Å². The molecule has 0 aromatic heterocycles. The van der Waals surface area contributed by atoms with Gasteiger partial charge in [0.25, 0.3) is 0 Å². The lowest BCUT2D eigenvalue weighted by Gasteiger charge is -2.09. The van der Waals surface area contributed by atoms with Crippen molar-refractivity contribution in [3.05, 3.63) is 33.1 Å². The Kier molecular flexibility index (Phi) is 7.43. The summed E-state index contributed by atoms with van der Waals surface area (Å²) in [7, 11) is 2.76. The molecule has 4 nitrogen and oxygen atoms in total. The zero-order valence-electron chi connectivity index (χ0n) is 11.9. The van der Waals surface area contributed by atoms with Gasteiger partial charge in [0.2, 0.25) is 5.76 Å². The van der Waals surface area contributed by atoms with Crippen LogP contribution < -0.4 is 4.74 Å². The lowest BCUT2D eigenvalue weighted by Crippen LogP contribution is -2.06. The van der Waals surface area contributed by atoms with Crippen molar-refractivity contribution < 1.29 is 19.0 Å². The number of halogens is 1. The molecule has 0 aliphatic rings. The van der Waals surface area contributed by atoms with Gasteiger partial charge in [-0.3, -0.25) is 0 Å². The first-order valence-corrected chi connectivity index (χ1v) is 7.46. The van der Waals surface area contributed by atoms with E-state index in [2.05, 4.69) is 34.3 Å². The van der Waals surface area contributed by atoms with Crippen molar-refractivity contribution >= 4 is 34.6 Å². The fraction of sp³-hybridized carbons (Fsp3) is 0.400. The second kappa shape index (κ2) is 8.84. The van der Waals surface area contributed by atoms with Crippen LogP contribution in [0, 0.1) is 3.57 Å². The molecular formula is C15H19IO4. The molecule has 0 aliphatic heterocycles. The van der Waals surface area contributed by atoms with Gasteiger partial charge in [-0.2, -0.15) is 0 Å². The Bertz CT molecular complexity index is 483. The molecule has 0 heterocycles. The van der Waals surface area contributed by atoms with E-state index in [1.54, 1.807) is 6.08 Å². The molecule has 5 heteroatoms. The maximum Gasteiger partial charge on any atom is 0.373 e. The number of carbonyl (C=O) groups is 1. The third-order valence-electron chi connectivity index (χ3n) is 2.61. The van der Waals surface area contributed by atoms with E-state index in [4.69, 9.17) is 9.47 Å². The van der Waals surface area contributed by atoms with Gasteiger partial charge in [0.15, 0.2) is 0 Å². The molecule has 0 spiro atoms. The largest absolute Gasteiger partial charge is 0.492 e. The maximum absolute atomic E-state index is 11.5. The Morgan fingerprint density at radius 1 is 1.30 bits per heavy atom. The summed E-state index contributed by atoms with van der Waals surface area (Å²) in [5.74, 6) is 0.473. The number of ether oxygens (including phenoxy) is 3. The van der Waals surface area contributed by atoms with E-state index in [0.29, 0.717) is 6.61 Å². The fourth-order valence-corrected chi connectivity index (χ4v) is 1.99. The van der Waals surface area contributed by atoms with E-state index in [-0.39, 0.29) is 5.76 Å². The van der Waals surface area contributed by atoms with E-state index in [9.17, 15) is 4.79 Å². The number of rotatable bonds is 7. The van der Waals surface area contributed by atoms with Crippen molar-refractivity contribution in [2.24, 2.45) is 0 Å². The smallest absolute Gasteiger partial charge is 0.373 e. The molecule has 0 fully saturated rings. The van der Waals surface area contributed by atoms with Gasteiger partial charge >= 0.3 is 5.97 Å². The van der Waals surface area contributed by atoms with Gasteiger partial charge in [0.05, 0.1) is 24.4 Å². The molecule has 0 atom stereocenters. The van der Waals surface area contributed by atoms with Crippen molar-refractivity contribution in [1.82, 2.24) is 0 Å². The van der Waals surface area contributed by atoms with Crippen LogP contribution in [0.25, 0.3) is 6.08 Å². The molecule has 0 saturated heterocycles. The normalized spacial score (nSPS) is 11.1. The van der Waals surface area contributed by atoms with E-state index in [0.717, 1.165) is 27.7 Å². The molecule has 0 bridgehead atoms. The number of hydrogen-bond donors (Lipinski definition) is 0. The predicted molar refractivity (Wildman–Crippen MR) is 86.6 cm³/mol. The van der Waals surface area contributed by atoms with E-state index < -0.39 is 5.97 Å². The lowest BCUT2D eigenvalue weighted by atomic mass is 10.2. The highest BCUT2D eigenvalue weighted by atomic mass is 127. The van der Waals surface area contributed by atoms with Gasteiger partial charge in [-0.05, 0) is 52.8 Å². The summed E-state index contributed by atoms with van der Waals surface area (Å²) in [5, 5.41) is 0. The third kappa shape index (κ3) is 5.03. The zero-order chi connectivity index (χ0) is 15.0. The highest BCUT2D eigenvalue weighted by Gasteiger charge is 2.10. The van der Waals surface area contributed by atoms with Gasteiger partial charge in [-0.15, -0.1) is 0 Å². The predicted octanol–water partition coefficient (Wildman–Crippen LogP) is 3.63. The van der Waals surface area contributed by atoms with Crippen LogP contribution >= 0.6 is 22.6 Å². The fourth-order valence-electron chi connectivity index (χ4n) is 1.50. The summed E-state index contributed by atoms with van der Waals surface area (Å²) in [5.41, 5.74) is 0.833. The molecule has 110 valence electrons. The Morgan fingerprint density at radius 2 is 2.05 bits per heavy atom. The van der Waals surface area contributed by atoms with Gasteiger partial charge in [-0.1, -0.05) is 19.4 Å². The minimum Gasteiger partial charge on any atom is -0.492 e. The van der Waals surface area contributed by atoms with E-state index in [1.165, 1.54) is 14.2 Å². The number of carbonyl (C=O) groups excluding carboxylic acids is 1.